The van der Waals surface area contributed by atoms with Gasteiger partial charge < -0.3 is 19.3 Å². The molecule has 0 fully saturated rings. The van der Waals surface area contributed by atoms with Crippen LogP contribution in [0.2, 0.25) is 0 Å². The molecule has 1 N–H and O–H groups in total. The Hall–Kier alpha value is -2.04. The average molecular weight is 389 g/mol. The summed E-state index contributed by atoms with van der Waals surface area (Å²) < 4.78 is 16.1. The van der Waals surface area contributed by atoms with Crippen molar-refractivity contribution in [3.05, 3.63) is 59.7 Å². The second-order valence-electron chi connectivity index (χ2n) is 7.15. The molecule has 0 bridgehead atoms. The molecule has 4 heteroatoms. The van der Waals surface area contributed by atoms with Gasteiger partial charge >= 0.3 is 0 Å². The maximum absolute atomic E-state index is 8.64. The highest BCUT2D eigenvalue weighted by atomic mass is 16.5. The number of ether oxygens (including phenoxy) is 3. The van der Waals surface area contributed by atoms with Crippen molar-refractivity contribution in [1.82, 2.24) is 0 Å². The van der Waals surface area contributed by atoms with Gasteiger partial charge in [-0.05, 0) is 35.1 Å². The summed E-state index contributed by atoms with van der Waals surface area (Å²) in [5, 5.41) is 8.64. The quantitative estimate of drug-likeness (QED) is 0.553. The number of rotatable bonds is 10. The van der Waals surface area contributed by atoms with Gasteiger partial charge in [-0.25, -0.2) is 0 Å². The largest absolute Gasteiger partial charge is 0.493 e. The Labute approximate surface area is 170 Å². The molecular weight excluding hydrogens is 352 g/mol. The minimum Gasteiger partial charge on any atom is -0.493 e. The van der Waals surface area contributed by atoms with E-state index in [-0.39, 0.29) is 6.61 Å². The van der Waals surface area contributed by atoms with E-state index in [0.717, 1.165) is 11.5 Å². The van der Waals surface area contributed by atoms with Gasteiger partial charge in [0, 0.05) is 20.1 Å². The van der Waals surface area contributed by atoms with Gasteiger partial charge in [-0.1, -0.05) is 64.1 Å². The first-order chi connectivity index (χ1) is 13.5. The molecule has 0 saturated heterocycles. The summed E-state index contributed by atoms with van der Waals surface area (Å²) in [5.74, 6) is 2.88. The van der Waals surface area contributed by atoms with Crippen LogP contribution in [-0.4, -0.2) is 38.6 Å². The highest BCUT2D eigenvalue weighted by Crippen LogP contribution is 2.26. The Morgan fingerprint density at radius 3 is 1.61 bits per heavy atom. The van der Waals surface area contributed by atoms with Gasteiger partial charge in [0.05, 0.1) is 13.2 Å². The van der Waals surface area contributed by atoms with E-state index >= 15 is 0 Å². The van der Waals surface area contributed by atoms with Crippen molar-refractivity contribution >= 4 is 0 Å². The topological polar surface area (TPSA) is 47.9 Å². The lowest BCUT2D eigenvalue weighted by Crippen LogP contribution is -2.06. The first kappa shape index (κ1) is 24.0. The van der Waals surface area contributed by atoms with Crippen LogP contribution >= 0.6 is 0 Å². The molecule has 0 aliphatic carbocycles. The molecule has 0 aliphatic rings. The minimum absolute atomic E-state index is 0.184. The molecule has 2 aromatic rings. The standard InChI is InChI=1S/2C12H18O2/c1-10(2)11-6-4-5-7-12(11)14-9-8-13-3;1-10(2)11-6-3-4-7-12(11)14-9-5-8-13/h4-7,10H,8-9H2,1-3H3;3-4,6-7,10,13H,5,8-9H2,1-2H3. The van der Waals surface area contributed by atoms with Gasteiger partial charge in [-0.3, -0.25) is 0 Å². The zero-order valence-electron chi connectivity index (χ0n) is 18.0. The Bertz CT molecular complexity index is 595. The number of aliphatic hydroxyl groups is 1. The summed E-state index contributed by atoms with van der Waals surface area (Å²) in [7, 11) is 1.68. The maximum Gasteiger partial charge on any atom is 0.122 e. The van der Waals surface area contributed by atoms with Gasteiger partial charge in [0.2, 0.25) is 0 Å². The van der Waals surface area contributed by atoms with E-state index in [2.05, 4.69) is 39.8 Å². The molecule has 156 valence electrons. The smallest absolute Gasteiger partial charge is 0.122 e. The van der Waals surface area contributed by atoms with Crippen LogP contribution in [0.15, 0.2) is 48.5 Å². The third-order valence-corrected chi connectivity index (χ3v) is 4.19. The predicted octanol–water partition coefficient (Wildman–Crippen LogP) is 5.41. The van der Waals surface area contributed by atoms with E-state index in [1.807, 2.05) is 36.4 Å². The summed E-state index contributed by atoms with van der Waals surface area (Å²) >= 11 is 0. The van der Waals surface area contributed by atoms with Crippen molar-refractivity contribution in [1.29, 1.82) is 0 Å². The van der Waals surface area contributed by atoms with E-state index in [0.29, 0.717) is 38.1 Å². The third kappa shape index (κ3) is 8.77. The number of methoxy groups -OCH3 is 1. The summed E-state index contributed by atoms with van der Waals surface area (Å²) in [4.78, 5) is 0. The summed E-state index contributed by atoms with van der Waals surface area (Å²) in [6.45, 7) is 10.6. The highest BCUT2D eigenvalue weighted by molar-refractivity contribution is 5.36. The van der Waals surface area contributed by atoms with Crippen molar-refractivity contribution in [3.8, 4) is 11.5 Å². The lowest BCUT2D eigenvalue weighted by Gasteiger charge is -2.13. The molecule has 0 unspecified atom stereocenters. The molecule has 0 saturated carbocycles. The summed E-state index contributed by atoms with van der Waals surface area (Å²) in [5.41, 5.74) is 2.48. The van der Waals surface area contributed by atoms with Crippen molar-refractivity contribution in [2.45, 2.75) is 46.0 Å². The van der Waals surface area contributed by atoms with Crippen LogP contribution in [0.3, 0.4) is 0 Å². The van der Waals surface area contributed by atoms with Gasteiger partial charge in [0.15, 0.2) is 0 Å². The maximum atomic E-state index is 8.64. The Morgan fingerprint density at radius 2 is 1.18 bits per heavy atom. The summed E-state index contributed by atoms with van der Waals surface area (Å²) in [6, 6.07) is 16.2. The third-order valence-electron chi connectivity index (χ3n) is 4.19. The first-order valence-electron chi connectivity index (χ1n) is 10.0. The van der Waals surface area contributed by atoms with E-state index in [1.54, 1.807) is 7.11 Å². The second kappa shape index (κ2) is 14.0. The zero-order valence-corrected chi connectivity index (χ0v) is 18.0. The van der Waals surface area contributed by atoms with Gasteiger partial charge in [0.1, 0.15) is 18.1 Å². The van der Waals surface area contributed by atoms with Crippen LogP contribution in [0, 0.1) is 0 Å². The lowest BCUT2D eigenvalue weighted by molar-refractivity contribution is 0.145. The molecule has 0 radical (unpaired) electrons. The van der Waals surface area contributed by atoms with Crippen LogP contribution in [0.1, 0.15) is 57.1 Å². The monoisotopic (exact) mass is 388 g/mol. The normalized spacial score (nSPS) is 10.6. The second-order valence-corrected chi connectivity index (χ2v) is 7.15. The average Bonchev–Trinajstić information content (AvgIpc) is 2.69. The van der Waals surface area contributed by atoms with Crippen LogP contribution in [0.4, 0.5) is 0 Å². The van der Waals surface area contributed by atoms with Gasteiger partial charge in [-0.2, -0.15) is 0 Å². The molecule has 2 aromatic carbocycles. The summed E-state index contributed by atoms with van der Waals surface area (Å²) in [6.07, 6.45) is 0.687. The fourth-order valence-corrected chi connectivity index (χ4v) is 2.66. The van der Waals surface area contributed by atoms with E-state index in [4.69, 9.17) is 19.3 Å². The molecule has 0 heterocycles. The minimum atomic E-state index is 0.184. The van der Waals surface area contributed by atoms with E-state index < -0.39 is 0 Å². The number of para-hydroxylation sites is 2. The van der Waals surface area contributed by atoms with Crippen LogP contribution in [0.5, 0.6) is 11.5 Å². The zero-order chi connectivity index (χ0) is 20.8. The lowest BCUT2D eigenvalue weighted by atomic mass is 10.0. The molecule has 0 amide bonds. The van der Waals surface area contributed by atoms with E-state index in [9.17, 15) is 0 Å². The highest BCUT2D eigenvalue weighted by Gasteiger charge is 2.06. The van der Waals surface area contributed by atoms with Crippen LogP contribution < -0.4 is 9.47 Å². The van der Waals surface area contributed by atoms with Gasteiger partial charge in [0.25, 0.3) is 0 Å². The molecule has 0 atom stereocenters. The Morgan fingerprint density at radius 1 is 0.714 bits per heavy atom. The van der Waals surface area contributed by atoms with Crippen LogP contribution in [-0.2, 0) is 4.74 Å². The van der Waals surface area contributed by atoms with Crippen molar-refractivity contribution < 1.29 is 19.3 Å². The van der Waals surface area contributed by atoms with Crippen LogP contribution in [0.25, 0.3) is 0 Å². The molecule has 0 aliphatic heterocycles. The molecule has 4 nitrogen and oxygen atoms in total. The first-order valence-corrected chi connectivity index (χ1v) is 10.0. The number of hydrogen-bond acceptors (Lipinski definition) is 4. The fourth-order valence-electron chi connectivity index (χ4n) is 2.66. The van der Waals surface area contributed by atoms with Crippen molar-refractivity contribution in [2.24, 2.45) is 0 Å². The molecule has 28 heavy (non-hydrogen) atoms. The van der Waals surface area contributed by atoms with Crippen molar-refractivity contribution in [2.75, 3.05) is 33.5 Å². The SMILES string of the molecule is CC(C)c1ccccc1OCCCO.COCCOc1ccccc1C(C)C. The van der Waals surface area contributed by atoms with Crippen molar-refractivity contribution in [3.63, 3.8) is 0 Å². The fraction of sp³-hybridized carbons (Fsp3) is 0.500. The Kier molecular flexibility index (Phi) is 12.0. The molecule has 0 aromatic heterocycles. The molecular formula is C24H36O4. The number of benzene rings is 2. The van der Waals surface area contributed by atoms with Gasteiger partial charge in [-0.15, -0.1) is 0 Å². The predicted molar refractivity (Wildman–Crippen MR) is 116 cm³/mol. The van der Waals surface area contributed by atoms with E-state index in [1.165, 1.54) is 11.1 Å². The molecule has 2 rings (SSSR count). The number of aliphatic hydroxyl groups excluding tert-OH is 1. The molecule has 0 spiro atoms. The number of hydrogen-bond donors (Lipinski definition) is 1. The Balaban J connectivity index is 0.000000280.